The van der Waals surface area contributed by atoms with Crippen LogP contribution in [-0.2, 0) is 14.3 Å². The molecule has 2 aliphatic heterocycles. The molecule has 2 aromatic carbocycles. The molecular formula is C28H33N5O6. The second-order valence-electron chi connectivity index (χ2n) is 10.1. The Hall–Kier alpha value is -3.83. The molecule has 11 heteroatoms. The van der Waals surface area contributed by atoms with Gasteiger partial charge in [-0.25, -0.2) is 5.01 Å². The van der Waals surface area contributed by atoms with Gasteiger partial charge < -0.3 is 14.4 Å². The highest BCUT2D eigenvalue weighted by atomic mass is 16.6. The Morgan fingerprint density at radius 2 is 1.79 bits per heavy atom. The Bertz CT molecular complexity index is 1220. The molecule has 2 amide bonds. The lowest BCUT2D eigenvalue weighted by molar-refractivity contribution is -0.384. The molecule has 0 aromatic heterocycles. The zero-order valence-electron chi connectivity index (χ0n) is 22.0. The second kappa shape index (κ2) is 11.9. The van der Waals surface area contributed by atoms with E-state index in [1.165, 1.54) is 17.1 Å². The van der Waals surface area contributed by atoms with Crippen LogP contribution in [0.25, 0.3) is 0 Å². The molecule has 1 aliphatic carbocycles. The molecule has 206 valence electrons. The summed E-state index contributed by atoms with van der Waals surface area (Å²) < 4.78 is 10.7. The number of amides is 2. The van der Waals surface area contributed by atoms with Gasteiger partial charge >= 0.3 is 0 Å². The van der Waals surface area contributed by atoms with Crippen LogP contribution in [0.1, 0.15) is 36.4 Å². The van der Waals surface area contributed by atoms with Crippen molar-refractivity contribution >= 4 is 23.2 Å². The van der Waals surface area contributed by atoms with E-state index < -0.39 is 4.92 Å². The number of hydrazone groups is 1. The number of nitrogens with zero attached hydrogens (tertiary/aromatic N) is 5. The monoisotopic (exact) mass is 535 g/mol. The van der Waals surface area contributed by atoms with E-state index in [0.29, 0.717) is 49.7 Å². The summed E-state index contributed by atoms with van der Waals surface area (Å²) in [5.74, 6) is 0.466. The highest BCUT2D eigenvalue weighted by molar-refractivity contribution is 6.03. The first-order valence-corrected chi connectivity index (χ1v) is 13.3. The molecule has 0 N–H and O–H groups in total. The number of benzene rings is 2. The summed E-state index contributed by atoms with van der Waals surface area (Å²) in [4.78, 5) is 41.5. The standard InChI is InChI=1S/C28H33N5O6/c1-38-24-10-6-21(7-11-24)26-18-25(20-4-8-23(9-5-20)33(36)37)29-32(26)27(34)19-31(28(35)22-2-3-22)13-12-30-14-16-39-17-15-30/h4-11,22,26H,2-3,12-19H2,1H3/t26-/m0/s1. The summed E-state index contributed by atoms with van der Waals surface area (Å²) in [6.07, 6.45) is 2.17. The molecule has 2 fully saturated rings. The minimum Gasteiger partial charge on any atom is -0.497 e. The van der Waals surface area contributed by atoms with Crippen LogP contribution in [0.15, 0.2) is 53.6 Å². The first kappa shape index (κ1) is 26.8. The van der Waals surface area contributed by atoms with E-state index in [-0.39, 0.29) is 36.0 Å². The Morgan fingerprint density at radius 1 is 1.10 bits per heavy atom. The fourth-order valence-electron chi connectivity index (χ4n) is 4.95. The van der Waals surface area contributed by atoms with E-state index in [9.17, 15) is 19.7 Å². The molecule has 0 unspecified atom stereocenters. The number of nitro benzene ring substituents is 1. The van der Waals surface area contributed by atoms with Gasteiger partial charge in [-0.2, -0.15) is 5.10 Å². The van der Waals surface area contributed by atoms with Crippen LogP contribution in [0, 0.1) is 16.0 Å². The lowest BCUT2D eigenvalue weighted by Gasteiger charge is -2.31. The van der Waals surface area contributed by atoms with Gasteiger partial charge in [0, 0.05) is 50.7 Å². The molecule has 2 aromatic rings. The fourth-order valence-corrected chi connectivity index (χ4v) is 4.95. The number of morpholine rings is 1. The Balaban J connectivity index is 1.37. The van der Waals surface area contributed by atoms with Gasteiger partial charge in [0.2, 0.25) is 5.91 Å². The van der Waals surface area contributed by atoms with Crippen LogP contribution in [0.5, 0.6) is 5.75 Å². The number of ether oxygens (including phenoxy) is 2. The van der Waals surface area contributed by atoms with Gasteiger partial charge in [0.15, 0.2) is 0 Å². The third-order valence-electron chi connectivity index (χ3n) is 7.43. The molecule has 2 heterocycles. The molecule has 1 saturated heterocycles. The normalized spacial score (nSPS) is 19.5. The van der Waals surface area contributed by atoms with Gasteiger partial charge in [-0.3, -0.25) is 24.6 Å². The van der Waals surface area contributed by atoms with Gasteiger partial charge in [-0.15, -0.1) is 0 Å². The average molecular weight is 536 g/mol. The van der Waals surface area contributed by atoms with Crippen molar-refractivity contribution in [3.8, 4) is 5.75 Å². The van der Waals surface area contributed by atoms with Crippen molar-refractivity contribution in [2.45, 2.75) is 25.3 Å². The largest absolute Gasteiger partial charge is 0.497 e. The van der Waals surface area contributed by atoms with E-state index in [4.69, 9.17) is 14.6 Å². The van der Waals surface area contributed by atoms with E-state index in [2.05, 4.69) is 4.90 Å². The zero-order valence-corrected chi connectivity index (χ0v) is 22.0. The van der Waals surface area contributed by atoms with Crippen molar-refractivity contribution in [3.05, 3.63) is 69.8 Å². The maximum Gasteiger partial charge on any atom is 0.269 e. The lowest BCUT2D eigenvalue weighted by Crippen LogP contribution is -2.47. The van der Waals surface area contributed by atoms with Gasteiger partial charge in [0.05, 0.1) is 37.0 Å². The topological polar surface area (TPSA) is 118 Å². The van der Waals surface area contributed by atoms with Crippen molar-refractivity contribution in [3.63, 3.8) is 0 Å². The number of nitro groups is 1. The van der Waals surface area contributed by atoms with Crippen LogP contribution in [-0.4, -0.2) is 90.3 Å². The molecule has 1 atom stereocenters. The molecule has 0 spiro atoms. The zero-order chi connectivity index (χ0) is 27.4. The maximum absolute atomic E-state index is 13.8. The maximum atomic E-state index is 13.8. The van der Waals surface area contributed by atoms with Gasteiger partial charge in [0.1, 0.15) is 12.3 Å². The number of hydrogen-bond donors (Lipinski definition) is 0. The first-order chi connectivity index (χ1) is 18.9. The summed E-state index contributed by atoms with van der Waals surface area (Å²) in [7, 11) is 1.60. The summed E-state index contributed by atoms with van der Waals surface area (Å²) in [6, 6.07) is 13.3. The van der Waals surface area contributed by atoms with Crippen molar-refractivity contribution < 1.29 is 24.0 Å². The number of carbonyl (C=O) groups is 2. The Morgan fingerprint density at radius 3 is 2.41 bits per heavy atom. The molecule has 3 aliphatic rings. The van der Waals surface area contributed by atoms with E-state index >= 15 is 0 Å². The molecule has 39 heavy (non-hydrogen) atoms. The summed E-state index contributed by atoms with van der Waals surface area (Å²) >= 11 is 0. The van der Waals surface area contributed by atoms with Gasteiger partial charge in [0.25, 0.3) is 11.6 Å². The van der Waals surface area contributed by atoms with Crippen molar-refractivity contribution in [1.82, 2.24) is 14.8 Å². The quantitative estimate of drug-likeness (QED) is 0.339. The highest BCUT2D eigenvalue weighted by Gasteiger charge is 2.38. The van der Waals surface area contributed by atoms with Crippen LogP contribution in [0.4, 0.5) is 5.69 Å². The molecular weight excluding hydrogens is 502 g/mol. The smallest absolute Gasteiger partial charge is 0.269 e. The van der Waals surface area contributed by atoms with Crippen molar-refractivity contribution in [1.29, 1.82) is 0 Å². The minimum absolute atomic E-state index is 0.00220. The number of non-ortho nitro benzene ring substituents is 1. The first-order valence-electron chi connectivity index (χ1n) is 13.3. The predicted molar refractivity (Wildman–Crippen MR) is 143 cm³/mol. The van der Waals surface area contributed by atoms with Crippen molar-refractivity contribution in [2.24, 2.45) is 11.0 Å². The van der Waals surface area contributed by atoms with Gasteiger partial charge in [-0.1, -0.05) is 12.1 Å². The lowest BCUT2D eigenvalue weighted by atomic mass is 9.98. The van der Waals surface area contributed by atoms with E-state index in [0.717, 1.165) is 31.5 Å². The van der Waals surface area contributed by atoms with Crippen LogP contribution in [0.3, 0.4) is 0 Å². The fraction of sp³-hybridized carbons (Fsp3) is 0.464. The number of carbonyl (C=O) groups excluding carboxylic acids is 2. The van der Waals surface area contributed by atoms with E-state index in [1.807, 2.05) is 24.3 Å². The summed E-state index contributed by atoms with van der Waals surface area (Å²) in [6.45, 7) is 4.08. The van der Waals surface area contributed by atoms with Crippen LogP contribution in [0.2, 0.25) is 0 Å². The average Bonchev–Trinajstić information content (AvgIpc) is 3.73. The number of rotatable bonds is 10. The van der Waals surface area contributed by atoms with Crippen LogP contribution >= 0.6 is 0 Å². The SMILES string of the molecule is COc1ccc([C@@H]2CC(c3ccc([N+](=O)[O-])cc3)=NN2C(=O)CN(CCN2CCOCC2)C(=O)C2CC2)cc1. The number of methoxy groups -OCH3 is 1. The van der Waals surface area contributed by atoms with E-state index in [1.54, 1.807) is 24.1 Å². The predicted octanol–water partition coefficient (Wildman–Crippen LogP) is 2.85. The Labute approximate surface area is 227 Å². The van der Waals surface area contributed by atoms with Crippen molar-refractivity contribution in [2.75, 3.05) is 53.0 Å². The third-order valence-corrected chi connectivity index (χ3v) is 7.43. The Kier molecular flexibility index (Phi) is 8.18. The molecule has 5 rings (SSSR count). The van der Waals surface area contributed by atoms with Crippen LogP contribution < -0.4 is 4.74 Å². The highest BCUT2D eigenvalue weighted by Crippen LogP contribution is 2.35. The molecule has 11 nitrogen and oxygen atoms in total. The summed E-state index contributed by atoms with van der Waals surface area (Å²) in [5, 5.41) is 17.3. The summed E-state index contributed by atoms with van der Waals surface area (Å²) in [5.41, 5.74) is 2.25. The number of hydrogen-bond acceptors (Lipinski definition) is 8. The molecule has 0 bridgehead atoms. The molecule has 1 saturated carbocycles. The third kappa shape index (κ3) is 6.43. The minimum atomic E-state index is -0.446. The molecule has 0 radical (unpaired) electrons. The van der Waals surface area contributed by atoms with Gasteiger partial charge in [-0.05, 0) is 48.2 Å². The second-order valence-corrected chi connectivity index (χ2v) is 10.1.